The van der Waals surface area contributed by atoms with Crippen LogP contribution in [0, 0.1) is 0 Å². The Labute approximate surface area is 119 Å². The van der Waals surface area contributed by atoms with Crippen molar-refractivity contribution in [1.29, 1.82) is 0 Å². The molecule has 0 aliphatic carbocycles. The van der Waals surface area contributed by atoms with Crippen LogP contribution in [-0.2, 0) is 0 Å². The van der Waals surface area contributed by atoms with E-state index in [9.17, 15) is 4.79 Å². The molecule has 0 bridgehead atoms. The summed E-state index contributed by atoms with van der Waals surface area (Å²) in [6.07, 6.45) is 3.83. The minimum absolute atomic E-state index is 0.0608. The molecule has 0 atom stereocenters. The lowest BCUT2D eigenvalue weighted by Crippen LogP contribution is -2.30. The molecule has 1 aromatic heterocycles. The summed E-state index contributed by atoms with van der Waals surface area (Å²) in [5.41, 5.74) is 1.10. The largest absolute Gasteiger partial charge is 0.452 e. The Morgan fingerprint density at radius 2 is 1.75 bits per heavy atom. The summed E-state index contributed by atoms with van der Waals surface area (Å²) in [5.74, 6) is 1.01. The fraction of sp³-hybridized carbons (Fsp3) is 0.235. The summed E-state index contributed by atoms with van der Waals surface area (Å²) in [6, 6.07) is 13.5. The number of carbonyl (C=O) groups excluding carboxylic acids is 1. The number of rotatable bonds is 5. The van der Waals surface area contributed by atoms with Crippen LogP contribution in [0.5, 0.6) is 0 Å². The normalized spacial score (nSPS) is 10.9. The van der Waals surface area contributed by atoms with E-state index in [0.29, 0.717) is 24.6 Å². The van der Waals surface area contributed by atoms with Gasteiger partial charge in [0.05, 0.1) is 0 Å². The van der Waals surface area contributed by atoms with Crippen LogP contribution in [0.3, 0.4) is 0 Å². The highest BCUT2D eigenvalue weighted by atomic mass is 16.3. The van der Waals surface area contributed by atoms with Crippen LogP contribution >= 0.6 is 0 Å². The van der Waals surface area contributed by atoms with E-state index >= 15 is 0 Å². The molecular weight excluding hydrogens is 250 g/mol. The number of furan rings is 1. The second kappa shape index (κ2) is 6.75. The average Bonchev–Trinajstić information content (AvgIpc) is 2.96. The molecule has 0 saturated carbocycles. The van der Waals surface area contributed by atoms with Crippen molar-refractivity contribution < 1.29 is 9.21 Å². The van der Waals surface area contributed by atoms with Gasteiger partial charge in [0.15, 0.2) is 5.76 Å². The lowest BCUT2D eigenvalue weighted by molar-refractivity contribution is 0.0740. The molecule has 1 aromatic carbocycles. The van der Waals surface area contributed by atoms with Crippen LogP contribution in [-0.4, -0.2) is 23.9 Å². The van der Waals surface area contributed by atoms with E-state index in [1.54, 1.807) is 11.0 Å². The summed E-state index contributed by atoms with van der Waals surface area (Å²) in [5, 5.41) is 0. The van der Waals surface area contributed by atoms with Gasteiger partial charge in [0.2, 0.25) is 0 Å². The molecule has 2 aromatic rings. The predicted molar refractivity (Wildman–Crippen MR) is 81.3 cm³/mol. The first kappa shape index (κ1) is 14.1. The molecule has 1 amide bonds. The molecule has 0 saturated heterocycles. The summed E-state index contributed by atoms with van der Waals surface area (Å²) in [7, 11) is 0. The summed E-state index contributed by atoms with van der Waals surface area (Å²) < 4.78 is 5.57. The number of amides is 1. The van der Waals surface area contributed by atoms with Crippen molar-refractivity contribution in [3.05, 3.63) is 59.5 Å². The number of hydrogen-bond donors (Lipinski definition) is 0. The third-order valence-electron chi connectivity index (χ3n) is 3.13. The van der Waals surface area contributed by atoms with Crippen molar-refractivity contribution in [1.82, 2.24) is 4.90 Å². The van der Waals surface area contributed by atoms with Crippen LogP contribution in [0.1, 0.15) is 35.7 Å². The van der Waals surface area contributed by atoms with Gasteiger partial charge in [-0.1, -0.05) is 36.4 Å². The van der Waals surface area contributed by atoms with Crippen LogP contribution in [0.25, 0.3) is 12.2 Å². The molecule has 0 aliphatic heterocycles. The van der Waals surface area contributed by atoms with Crippen molar-refractivity contribution in [2.24, 2.45) is 0 Å². The van der Waals surface area contributed by atoms with Gasteiger partial charge in [0.1, 0.15) is 5.76 Å². The molecule has 1 heterocycles. The van der Waals surface area contributed by atoms with Crippen molar-refractivity contribution in [2.75, 3.05) is 13.1 Å². The van der Waals surface area contributed by atoms with E-state index in [1.165, 1.54) is 0 Å². The van der Waals surface area contributed by atoms with Crippen molar-refractivity contribution in [3.63, 3.8) is 0 Å². The minimum Gasteiger partial charge on any atom is -0.452 e. The first-order valence-corrected chi connectivity index (χ1v) is 6.86. The highest BCUT2D eigenvalue weighted by Crippen LogP contribution is 2.14. The van der Waals surface area contributed by atoms with E-state index in [-0.39, 0.29) is 5.91 Å². The van der Waals surface area contributed by atoms with Gasteiger partial charge in [-0.3, -0.25) is 4.79 Å². The van der Waals surface area contributed by atoms with E-state index in [1.807, 2.05) is 62.4 Å². The number of nitrogens with zero attached hydrogens (tertiary/aromatic N) is 1. The third kappa shape index (κ3) is 3.38. The maximum absolute atomic E-state index is 12.1. The molecule has 3 nitrogen and oxygen atoms in total. The number of carbonyl (C=O) groups is 1. The molecule has 0 N–H and O–H groups in total. The van der Waals surface area contributed by atoms with Gasteiger partial charge in [-0.25, -0.2) is 0 Å². The van der Waals surface area contributed by atoms with E-state index in [0.717, 1.165) is 5.56 Å². The topological polar surface area (TPSA) is 33.5 Å². The maximum atomic E-state index is 12.1. The van der Waals surface area contributed by atoms with Gasteiger partial charge in [0.25, 0.3) is 5.91 Å². The predicted octanol–water partition coefficient (Wildman–Crippen LogP) is 3.93. The first-order chi connectivity index (χ1) is 9.74. The maximum Gasteiger partial charge on any atom is 0.289 e. The monoisotopic (exact) mass is 269 g/mol. The smallest absolute Gasteiger partial charge is 0.289 e. The van der Waals surface area contributed by atoms with Crippen LogP contribution in [0.15, 0.2) is 46.9 Å². The molecule has 0 radical (unpaired) electrons. The molecule has 3 heteroatoms. The van der Waals surface area contributed by atoms with Crippen molar-refractivity contribution in [2.45, 2.75) is 13.8 Å². The van der Waals surface area contributed by atoms with Gasteiger partial charge < -0.3 is 9.32 Å². The molecule has 0 unspecified atom stereocenters. The number of hydrogen-bond acceptors (Lipinski definition) is 2. The zero-order chi connectivity index (χ0) is 14.4. The van der Waals surface area contributed by atoms with Crippen molar-refractivity contribution in [3.8, 4) is 0 Å². The Morgan fingerprint density at radius 3 is 2.40 bits per heavy atom. The summed E-state index contributed by atoms with van der Waals surface area (Å²) in [6.45, 7) is 5.29. The molecule has 0 spiro atoms. The fourth-order valence-electron chi connectivity index (χ4n) is 1.97. The van der Waals surface area contributed by atoms with Gasteiger partial charge in [-0.2, -0.15) is 0 Å². The lowest BCUT2D eigenvalue weighted by Gasteiger charge is -2.16. The molecule has 2 rings (SSSR count). The highest BCUT2D eigenvalue weighted by molar-refractivity contribution is 5.91. The fourth-order valence-corrected chi connectivity index (χ4v) is 1.97. The Morgan fingerprint density at radius 1 is 1.05 bits per heavy atom. The minimum atomic E-state index is -0.0608. The van der Waals surface area contributed by atoms with E-state index in [4.69, 9.17) is 4.42 Å². The van der Waals surface area contributed by atoms with Gasteiger partial charge in [0, 0.05) is 13.1 Å². The Hall–Kier alpha value is -2.29. The van der Waals surface area contributed by atoms with Crippen LogP contribution < -0.4 is 0 Å². The number of benzene rings is 1. The van der Waals surface area contributed by atoms with Gasteiger partial charge >= 0.3 is 0 Å². The Bertz CT molecular complexity index is 580. The lowest BCUT2D eigenvalue weighted by atomic mass is 10.2. The Balaban J connectivity index is 2.09. The van der Waals surface area contributed by atoms with Gasteiger partial charge in [-0.15, -0.1) is 0 Å². The zero-order valence-electron chi connectivity index (χ0n) is 11.9. The second-order valence-corrected chi connectivity index (χ2v) is 4.42. The third-order valence-corrected chi connectivity index (χ3v) is 3.13. The van der Waals surface area contributed by atoms with Crippen LogP contribution in [0.2, 0.25) is 0 Å². The summed E-state index contributed by atoms with van der Waals surface area (Å²) >= 11 is 0. The highest BCUT2D eigenvalue weighted by Gasteiger charge is 2.15. The Kier molecular flexibility index (Phi) is 4.77. The second-order valence-electron chi connectivity index (χ2n) is 4.42. The zero-order valence-corrected chi connectivity index (χ0v) is 11.9. The molecule has 20 heavy (non-hydrogen) atoms. The molecular formula is C17H19NO2. The SMILES string of the molecule is CCN(CC)C(=O)c1ccc(/C=C/c2ccccc2)o1. The van der Waals surface area contributed by atoms with E-state index in [2.05, 4.69) is 0 Å². The molecule has 0 fully saturated rings. The van der Waals surface area contributed by atoms with Crippen molar-refractivity contribution >= 4 is 18.1 Å². The average molecular weight is 269 g/mol. The quantitative estimate of drug-likeness (QED) is 0.824. The van der Waals surface area contributed by atoms with Gasteiger partial charge in [-0.05, 0) is 37.6 Å². The molecule has 0 aliphatic rings. The standard InChI is InChI=1S/C17H19NO2/c1-3-18(4-2)17(19)16-13-12-15(20-16)11-10-14-8-6-5-7-9-14/h5-13H,3-4H2,1-2H3/b11-10+. The summed E-state index contributed by atoms with van der Waals surface area (Å²) in [4.78, 5) is 13.8. The van der Waals surface area contributed by atoms with Crippen LogP contribution in [0.4, 0.5) is 0 Å². The first-order valence-electron chi connectivity index (χ1n) is 6.86. The molecule has 104 valence electrons. The van der Waals surface area contributed by atoms with E-state index < -0.39 is 0 Å².